The maximum absolute atomic E-state index is 12.8. The number of hydrogen-bond acceptors (Lipinski definition) is 4. The van der Waals surface area contributed by atoms with E-state index in [1.54, 1.807) is 18.1 Å². The number of aliphatic hydroxyl groups excluding tert-OH is 1. The lowest BCUT2D eigenvalue weighted by atomic mass is 10.1. The molecule has 0 unspecified atom stereocenters. The number of H-pyrrole nitrogens is 1. The highest BCUT2D eigenvalue weighted by molar-refractivity contribution is 5.93. The first-order chi connectivity index (χ1) is 11.7. The van der Waals surface area contributed by atoms with Crippen molar-refractivity contribution in [2.45, 2.75) is 31.7 Å². The summed E-state index contributed by atoms with van der Waals surface area (Å²) < 4.78 is 5.15. The first kappa shape index (κ1) is 16.5. The third-order valence-electron chi connectivity index (χ3n) is 4.54. The van der Waals surface area contributed by atoms with Crippen LogP contribution in [0.5, 0.6) is 5.75 Å². The van der Waals surface area contributed by atoms with Crippen LogP contribution in [0.4, 0.5) is 0 Å². The van der Waals surface area contributed by atoms with Crippen molar-refractivity contribution in [2.75, 3.05) is 20.3 Å². The Morgan fingerprint density at radius 3 is 2.83 bits per heavy atom. The number of nitrogens with zero attached hydrogens (tertiary/aromatic N) is 2. The van der Waals surface area contributed by atoms with Crippen molar-refractivity contribution in [3.05, 3.63) is 36.0 Å². The smallest absolute Gasteiger partial charge is 0.272 e. The highest BCUT2D eigenvalue weighted by Crippen LogP contribution is 2.23. The SMILES string of the molecule is COc1ccc(-c2cc(C(=O)N3CCCCC[C@@H]3CO)[nH]n2)cc1. The molecule has 1 amide bonds. The normalized spacial score (nSPS) is 18.2. The Balaban J connectivity index is 1.79. The molecule has 0 aliphatic carbocycles. The lowest BCUT2D eigenvalue weighted by Crippen LogP contribution is -2.42. The predicted octanol–water partition coefficient (Wildman–Crippen LogP) is 2.46. The number of methoxy groups -OCH3 is 1. The second-order valence-electron chi connectivity index (χ2n) is 6.08. The molecule has 24 heavy (non-hydrogen) atoms. The van der Waals surface area contributed by atoms with E-state index in [1.807, 2.05) is 24.3 Å². The Kier molecular flexibility index (Phi) is 5.15. The van der Waals surface area contributed by atoms with Gasteiger partial charge in [0.1, 0.15) is 11.4 Å². The molecule has 1 atom stereocenters. The van der Waals surface area contributed by atoms with Gasteiger partial charge in [-0.1, -0.05) is 12.8 Å². The first-order valence-electron chi connectivity index (χ1n) is 8.34. The summed E-state index contributed by atoms with van der Waals surface area (Å²) in [4.78, 5) is 14.6. The van der Waals surface area contributed by atoms with Gasteiger partial charge in [0.2, 0.25) is 0 Å². The third-order valence-corrected chi connectivity index (χ3v) is 4.54. The van der Waals surface area contributed by atoms with Crippen LogP contribution in [0.15, 0.2) is 30.3 Å². The fraction of sp³-hybridized carbons (Fsp3) is 0.444. The zero-order chi connectivity index (χ0) is 16.9. The topological polar surface area (TPSA) is 78.5 Å². The first-order valence-corrected chi connectivity index (χ1v) is 8.34. The fourth-order valence-electron chi connectivity index (χ4n) is 3.13. The number of amides is 1. The van der Waals surface area contributed by atoms with Gasteiger partial charge >= 0.3 is 0 Å². The summed E-state index contributed by atoms with van der Waals surface area (Å²) in [5, 5.41) is 16.7. The van der Waals surface area contributed by atoms with E-state index in [1.165, 1.54) is 0 Å². The summed E-state index contributed by atoms with van der Waals surface area (Å²) in [6, 6.07) is 9.21. The highest BCUT2D eigenvalue weighted by atomic mass is 16.5. The van der Waals surface area contributed by atoms with E-state index in [0.29, 0.717) is 12.2 Å². The maximum atomic E-state index is 12.8. The molecule has 3 rings (SSSR count). The summed E-state index contributed by atoms with van der Waals surface area (Å²) in [6.45, 7) is 0.687. The van der Waals surface area contributed by atoms with Gasteiger partial charge in [-0.3, -0.25) is 9.89 Å². The van der Waals surface area contributed by atoms with E-state index in [2.05, 4.69) is 10.2 Å². The molecule has 2 heterocycles. The summed E-state index contributed by atoms with van der Waals surface area (Å²) in [6.07, 6.45) is 3.97. The molecule has 128 valence electrons. The van der Waals surface area contributed by atoms with Crippen LogP contribution in [0, 0.1) is 0 Å². The molecule has 0 radical (unpaired) electrons. The van der Waals surface area contributed by atoms with Gasteiger partial charge in [-0.15, -0.1) is 0 Å². The fourth-order valence-corrected chi connectivity index (χ4v) is 3.13. The molecule has 1 aliphatic heterocycles. The molecular formula is C18H23N3O3. The quantitative estimate of drug-likeness (QED) is 0.903. The van der Waals surface area contributed by atoms with Crippen molar-refractivity contribution < 1.29 is 14.6 Å². The second-order valence-corrected chi connectivity index (χ2v) is 6.08. The highest BCUT2D eigenvalue weighted by Gasteiger charge is 2.27. The van der Waals surface area contributed by atoms with Gasteiger partial charge in [0, 0.05) is 12.1 Å². The molecule has 1 saturated heterocycles. The summed E-state index contributed by atoms with van der Waals surface area (Å²) in [5.41, 5.74) is 2.10. The van der Waals surface area contributed by atoms with Crippen LogP contribution < -0.4 is 4.74 Å². The number of aromatic nitrogens is 2. The average molecular weight is 329 g/mol. The van der Waals surface area contributed by atoms with Crippen molar-refractivity contribution >= 4 is 5.91 Å². The molecule has 1 aromatic heterocycles. The van der Waals surface area contributed by atoms with Crippen LogP contribution >= 0.6 is 0 Å². The molecule has 2 aromatic rings. The number of ether oxygens (including phenoxy) is 1. The zero-order valence-electron chi connectivity index (χ0n) is 13.9. The van der Waals surface area contributed by atoms with E-state index in [-0.39, 0.29) is 18.6 Å². The number of rotatable bonds is 4. The number of aliphatic hydroxyl groups is 1. The molecule has 1 fully saturated rings. The summed E-state index contributed by atoms with van der Waals surface area (Å²) in [5.74, 6) is 0.684. The Morgan fingerprint density at radius 2 is 2.12 bits per heavy atom. The van der Waals surface area contributed by atoms with Crippen molar-refractivity contribution in [2.24, 2.45) is 0 Å². The van der Waals surface area contributed by atoms with Crippen LogP contribution in [0.1, 0.15) is 36.2 Å². The van der Waals surface area contributed by atoms with Gasteiger partial charge in [0.05, 0.1) is 25.5 Å². The monoisotopic (exact) mass is 329 g/mol. The van der Waals surface area contributed by atoms with Crippen LogP contribution in [-0.4, -0.2) is 52.4 Å². The zero-order valence-corrected chi connectivity index (χ0v) is 13.9. The van der Waals surface area contributed by atoms with Gasteiger partial charge < -0.3 is 14.7 Å². The van der Waals surface area contributed by atoms with E-state index in [4.69, 9.17) is 4.74 Å². The van der Waals surface area contributed by atoms with Crippen molar-refractivity contribution in [3.63, 3.8) is 0 Å². The Labute approximate surface area is 141 Å². The molecule has 6 heteroatoms. The minimum absolute atomic E-state index is 0.00517. The Morgan fingerprint density at radius 1 is 1.33 bits per heavy atom. The van der Waals surface area contributed by atoms with E-state index >= 15 is 0 Å². The molecule has 6 nitrogen and oxygen atoms in total. The Hall–Kier alpha value is -2.34. The van der Waals surface area contributed by atoms with Gasteiger partial charge in [-0.2, -0.15) is 5.10 Å². The van der Waals surface area contributed by atoms with Gasteiger partial charge in [-0.25, -0.2) is 0 Å². The predicted molar refractivity (Wildman–Crippen MR) is 91.0 cm³/mol. The second kappa shape index (κ2) is 7.49. The van der Waals surface area contributed by atoms with E-state index in [0.717, 1.165) is 42.7 Å². The minimum atomic E-state index is -0.104. The van der Waals surface area contributed by atoms with Crippen molar-refractivity contribution in [1.82, 2.24) is 15.1 Å². The maximum Gasteiger partial charge on any atom is 0.272 e. The number of hydrogen-bond donors (Lipinski definition) is 2. The number of carbonyl (C=O) groups excluding carboxylic acids is 1. The largest absolute Gasteiger partial charge is 0.497 e. The molecular weight excluding hydrogens is 306 g/mol. The van der Waals surface area contributed by atoms with Crippen LogP contribution in [0.3, 0.4) is 0 Å². The molecule has 0 bridgehead atoms. The molecule has 1 aliphatic rings. The van der Waals surface area contributed by atoms with E-state index in [9.17, 15) is 9.90 Å². The number of benzene rings is 1. The van der Waals surface area contributed by atoms with Crippen molar-refractivity contribution in [3.8, 4) is 17.0 Å². The van der Waals surface area contributed by atoms with Gasteiger partial charge in [-0.05, 0) is 43.2 Å². The molecule has 0 saturated carbocycles. The summed E-state index contributed by atoms with van der Waals surface area (Å²) in [7, 11) is 1.62. The number of likely N-dealkylation sites (tertiary alicyclic amines) is 1. The molecule has 0 spiro atoms. The average Bonchev–Trinajstić information content (AvgIpc) is 3.00. The third kappa shape index (κ3) is 3.43. The lowest BCUT2D eigenvalue weighted by Gasteiger charge is -2.28. The van der Waals surface area contributed by atoms with Crippen LogP contribution in [-0.2, 0) is 0 Å². The van der Waals surface area contributed by atoms with Gasteiger partial charge in [0.15, 0.2) is 0 Å². The number of aromatic amines is 1. The van der Waals surface area contributed by atoms with Crippen molar-refractivity contribution in [1.29, 1.82) is 0 Å². The van der Waals surface area contributed by atoms with Crippen LogP contribution in [0.25, 0.3) is 11.3 Å². The minimum Gasteiger partial charge on any atom is -0.497 e. The molecule has 1 aromatic carbocycles. The lowest BCUT2D eigenvalue weighted by molar-refractivity contribution is 0.0594. The van der Waals surface area contributed by atoms with E-state index < -0.39 is 0 Å². The number of carbonyl (C=O) groups is 1. The Bertz CT molecular complexity index is 681. The standard InChI is InChI=1S/C18H23N3O3/c1-24-15-8-6-13(7-9-15)16-11-17(20-19-16)18(23)21-10-4-2-3-5-14(21)12-22/h6-9,11,14,22H,2-5,10,12H2,1H3,(H,19,20)/t14-/m1/s1. The summed E-state index contributed by atoms with van der Waals surface area (Å²) >= 11 is 0. The van der Waals surface area contributed by atoms with Crippen LogP contribution in [0.2, 0.25) is 0 Å². The number of nitrogens with one attached hydrogen (secondary N) is 1. The van der Waals surface area contributed by atoms with Gasteiger partial charge in [0.25, 0.3) is 5.91 Å². The molecule has 2 N–H and O–H groups in total.